The molecule has 0 bridgehead atoms. The van der Waals surface area contributed by atoms with Gasteiger partial charge in [-0.3, -0.25) is 9.59 Å². The second-order valence-electron chi connectivity index (χ2n) is 5.85. The van der Waals surface area contributed by atoms with E-state index in [-0.39, 0.29) is 5.91 Å². The van der Waals surface area contributed by atoms with Crippen molar-refractivity contribution in [3.05, 3.63) is 49.4 Å². The molecule has 0 saturated carbocycles. The fourth-order valence-electron chi connectivity index (χ4n) is 2.92. The number of hydrogen-bond acceptors (Lipinski definition) is 3. The lowest BCUT2D eigenvalue weighted by atomic mass is 9.88. The third kappa shape index (κ3) is 3.28. The number of thiophene rings is 1. The zero-order valence-electron chi connectivity index (χ0n) is 12.7. The molecule has 3 N–H and O–H groups in total. The zero-order chi connectivity index (χ0) is 16.6. The molecular formula is C17H17IN2O2S. The molecule has 0 saturated heterocycles. The molecule has 0 aliphatic heterocycles. The predicted octanol–water partition coefficient (Wildman–Crippen LogP) is 3.83. The quantitative estimate of drug-likeness (QED) is 0.713. The summed E-state index contributed by atoms with van der Waals surface area (Å²) in [6.45, 7) is 2.21. The van der Waals surface area contributed by atoms with Crippen molar-refractivity contribution in [2.24, 2.45) is 11.7 Å². The molecular weight excluding hydrogens is 423 g/mol. The van der Waals surface area contributed by atoms with E-state index in [9.17, 15) is 9.59 Å². The van der Waals surface area contributed by atoms with Gasteiger partial charge in [-0.25, -0.2) is 0 Å². The van der Waals surface area contributed by atoms with Gasteiger partial charge in [0.1, 0.15) is 5.00 Å². The van der Waals surface area contributed by atoms with Crippen LogP contribution in [0.25, 0.3) is 0 Å². The number of anilines is 1. The number of primary amides is 1. The first-order chi connectivity index (χ1) is 11.0. The highest BCUT2D eigenvalue weighted by Crippen LogP contribution is 2.39. The second-order valence-corrected chi connectivity index (χ2v) is 8.12. The highest BCUT2D eigenvalue weighted by atomic mass is 127. The third-order valence-corrected chi connectivity index (χ3v) is 6.21. The van der Waals surface area contributed by atoms with Gasteiger partial charge in [0.2, 0.25) is 0 Å². The van der Waals surface area contributed by atoms with E-state index in [2.05, 4.69) is 34.8 Å². The summed E-state index contributed by atoms with van der Waals surface area (Å²) >= 11 is 3.62. The van der Waals surface area contributed by atoms with E-state index in [0.717, 1.165) is 28.4 Å². The molecule has 120 valence electrons. The van der Waals surface area contributed by atoms with Crippen molar-refractivity contribution >= 4 is 50.7 Å². The summed E-state index contributed by atoms with van der Waals surface area (Å²) < 4.78 is 0.873. The van der Waals surface area contributed by atoms with Gasteiger partial charge in [0.25, 0.3) is 11.8 Å². The fraction of sp³-hybridized carbons (Fsp3) is 0.294. The van der Waals surface area contributed by atoms with Crippen LogP contribution < -0.4 is 11.1 Å². The molecule has 23 heavy (non-hydrogen) atoms. The molecule has 3 rings (SSSR count). The van der Waals surface area contributed by atoms with Crippen LogP contribution in [0.2, 0.25) is 0 Å². The minimum atomic E-state index is -0.463. The molecule has 0 radical (unpaired) electrons. The Bertz CT molecular complexity index is 785. The van der Waals surface area contributed by atoms with Crippen molar-refractivity contribution in [2.75, 3.05) is 5.32 Å². The van der Waals surface area contributed by atoms with Crippen LogP contribution in [-0.2, 0) is 12.8 Å². The SMILES string of the molecule is CC1CCc2c(sc(NC(=O)c3ccccc3I)c2C(N)=O)C1. The third-order valence-electron chi connectivity index (χ3n) is 4.10. The molecule has 2 aromatic rings. The van der Waals surface area contributed by atoms with Gasteiger partial charge in [0.05, 0.1) is 11.1 Å². The molecule has 1 aromatic heterocycles. The van der Waals surface area contributed by atoms with Gasteiger partial charge in [-0.2, -0.15) is 0 Å². The summed E-state index contributed by atoms with van der Waals surface area (Å²) in [5.74, 6) is -0.0697. The molecule has 6 heteroatoms. The molecule has 1 heterocycles. The van der Waals surface area contributed by atoms with Gasteiger partial charge in [-0.05, 0) is 65.5 Å². The summed E-state index contributed by atoms with van der Waals surface area (Å²) in [6.07, 6.45) is 2.84. The van der Waals surface area contributed by atoms with Crippen LogP contribution in [0.15, 0.2) is 24.3 Å². The van der Waals surface area contributed by atoms with Gasteiger partial charge < -0.3 is 11.1 Å². The first-order valence-corrected chi connectivity index (χ1v) is 9.37. The number of halogens is 1. The van der Waals surface area contributed by atoms with Gasteiger partial charge in [0.15, 0.2) is 0 Å². The van der Waals surface area contributed by atoms with Gasteiger partial charge >= 0.3 is 0 Å². The van der Waals surface area contributed by atoms with E-state index >= 15 is 0 Å². The standard InChI is InChI=1S/C17H17IN2O2S/c1-9-6-7-11-13(8-9)23-17(14(11)15(19)21)20-16(22)10-4-2-3-5-12(10)18/h2-5,9H,6-8H2,1H3,(H2,19,21)(H,20,22). The van der Waals surface area contributed by atoms with Crippen LogP contribution in [0.5, 0.6) is 0 Å². The predicted molar refractivity (Wildman–Crippen MR) is 101 cm³/mol. The number of carbonyl (C=O) groups is 2. The minimum absolute atomic E-state index is 0.204. The maximum atomic E-state index is 12.5. The zero-order valence-corrected chi connectivity index (χ0v) is 15.7. The minimum Gasteiger partial charge on any atom is -0.365 e. The normalized spacial score (nSPS) is 16.7. The number of nitrogens with one attached hydrogen (secondary N) is 1. The van der Waals surface area contributed by atoms with E-state index < -0.39 is 5.91 Å². The van der Waals surface area contributed by atoms with Crippen LogP contribution in [0.1, 0.15) is 44.5 Å². The highest BCUT2D eigenvalue weighted by Gasteiger charge is 2.27. The molecule has 0 spiro atoms. The Balaban J connectivity index is 1.96. The monoisotopic (exact) mass is 440 g/mol. The smallest absolute Gasteiger partial charge is 0.257 e. The maximum Gasteiger partial charge on any atom is 0.257 e. The van der Waals surface area contributed by atoms with Crippen LogP contribution >= 0.6 is 33.9 Å². The highest BCUT2D eigenvalue weighted by molar-refractivity contribution is 14.1. The second kappa shape index (κ2) is 6.60. The molecule has 1 aromatic carbocycles. The van der Waals surface area contributed by atoms with Crippen molar-refractivity contribution in [3.8, 4) is 0 Å². The number of benzene rings is 1. The number of nitrogens with two attached hydrogens (primary N) is 1. The first kappa shape index (κ1) is 16.4. The van der Waals surface area contributed by atoms with Crippen LogP contribution in [0, 0.1) is 9.49 Å². The molecule has 1 atom stereocenters. The van der Waals surface area contributed by atoms with E-state index in [1.165, 1.54) is 16.2 Å². The van der Waals surface area contributed by atoms with E-state index in [0.29, 0.717) is 22.0 Å². The van der Waals surface area contributed by atoms with E-state index in [4.69, 9.17) is 5.73 Å². The number of amides is 2. The molecule has 1 unspecified atom stereocenters. The van der Waals surface area contributed by atoms with Crippen LogP contribution in [0.4, 0.5) is 5.00 Å². The Morgan fingerprint density at radius 2 is 2.09 bits per heavy atom. The topological polar surface area (TPSA) is 72.2 Å². The van der Waals surface area contributed by atoms with Gasteiger partial charge in [-0.1, -0.05) is 19.1 Å². The van der Waals surface area contributed by atoms with Gasteiger partial charge in [-0.15, -0.1) is 11.3 Å². The summed E-state index contributed by atoms with van der Waals surface area (Å²) in [4.78, 5) is 25.6. The number of hydrogen-bond donors (Lipinski definition) is 2. The Hall–Kier alpha value is -1.41. The Labute approximate surface area is 152 Å². The number of carbonyl (C=O) groups excluding carboxylic acids is 2. The lowest BCUT2D eigenvalue weighted by molar-refractivity contribution is 0.1000. The molecule has 2 amide bonds. The molecule has 1 aliphatic carbocycles. The molecule has 4 nitrogen and oxygen atoms in total. The molecule has 1 aliphatic rings. The largest absolute Gasteiger partial charge is 0.365 e. The fourth-order valence-corrected chi connectivity index (χ4v) is 4.96. The number of rotatable bonds is 3. The summed E-state index contributed by atoms with van der Waals surface area (Å²) in [6, 6.07) is 7.37. The Morgan fingerprint density at radius 1 is 1.35 bits per heavy atom. The van der Waals surface area contributed by atoms with Crippen molar-refractivity contribution in [1.29, 1.82) is 0 Å². The Morgan fingerprint density at radius 3 is 2.78 bits per heavy atom. The van der Waals surface area contributed by atoms with Crippen molar-refractivity contribution in [1.82, 2.24) is 0 Å². The van der Waals surface area contributed by atoms with Crippen molar-refractivity contribution in [3.63, 3.8) is 0 Å². The summed E-state index contributed by atoms with van der Waals surface area (Å²) in [5.41, 5.74) is 7.70. The average Bonchev–Trinajstić information content (AvgIpc) is 2.84. The summed E-state index contributed by atoms with van der Waals surface area (Å²) in [7, 11) is 0. The van der Waals surface area contributed by atoms with Crippen molar-refractivity contribution in [2.45, 2.75) is 26.2 Å². The molecule has 0 fully saturated rings. The summed E-state index contributed by atoms with van der Waals surface area (Å²) in [5, 5.41) is 3.48. The maximum absolute atomic E-state index is 12.5. The lowest BCUT2D eigenvalue weighted by Gasteiger charge is -2.18. The number of fused-ring (bicyclic) bond motifs is 1. The first-order valence-electron chi connectivity index (χ1n) is 7.47. The van der Waals surface area contributed by atoms with Gasteiger partial charge in [0, 0.05) is 8.45 Å². The van der Waals surface area contributed by atoms with Crippen LogP contribution in [-0.4, -0.2) is 11.8 Å². The van der Waals surface area contributed by atoms with Crippen LogP contribution in [0.3, 0.4) is 0 Å². The average molecular weight is 440 g/mol. The van der Waals surface area contributed by atoms with E-state index in [1.807, 2.05) is 18.2 Å². The van der Waals surface area contributed by atoms with E-state index in [1.54, 1.807) is 6.07 Å². The Kier molecular flexibility index (Phi) is 4.72. The van der Waals surface area contributed by atoms with Crippen molar-refractivity contribution < 1.29 is 9.59 Å². The lowest BCUT2D eigenvalue weighted by Crippen LogP contribution is -2.19.